The second-order valence-corrected chi connectivity index (χ2v) is 3.27. The van der Waals surface area contributed by atoms with E-state index in [2.05, 4.69) is 18.9 Å². The average molecular weight is 183 g/mol. The molecule has 0 unspecified atom stereocenters. The third kappa shape index (κ3) is 1.52. The van der Waals surface area contributed by atoms with Crippen molar-refractivity contribution in [2.75, 3.05) is 0 Å². The molecule has 0 spiro atoms. The van der Waals surface area contributed by atoms with Crippen LogP contribution in [0.3, 0.4) is 0 Å². The summed E-state index contributed by atoms with van der Waals surface area (Å²) in [4.78, 5) is 0. The summed E-state index contributed by atoms with van der Waals surface area (Å²) in [6, 6.07) is 8.83. The van der Waals surface area contributed by atoms with Gasteiger partial charge in [-0.15, -0.1) is 6.42 Å². The summed E-state index contributed by atoms with van der Waals surface area (Å²) >= 11 is 0. The highest BCUT2D eigenvalue weighted by Gasteiger charge is 2.03. The van der Waals surface area contributed by atoms with Crippen molar-refractivity contribution in [1.82, 2.24) is 0 Å². The molecule has 14 heavy (non-hydrogen) atoms. The summed E-state index contributed by atoms with van der Waals surface area (Å²) in [5.74, 6) is 3.58. The average Bonchev–Trinajstić information content (AvgIpc) is 2.59. The van der Waals surface area contributed by atoms with Gasteiger partial charge in [-0.2, -0.15) is 0 Å². The molecular formula is C13H11O. The van der Waals surface area contributed by atoms with Crippen molar-refractivity contribution in [2.45, 2.75) is 19.8 Å². The van der Waals surface area contributed by atoms with E-state index in [1.54, 1.807) is 0 Å². The van der Waals surface area contributed by atoms with E-state index in [-0.39, 0.29) is 0 Å². The number of fused-ring (bicyclic) bond motifs is 1. The summed E-state index contributed by atoms with van der Waals surface area (Å²) in [7, 11) is 0. The van der Waals surface area contributed by atoms with E-state index in [1.165, 1.54) is 0 Å². The molecule has 1 aromatic heterocycles. The van der Waals surface area contributed by atoms with Gasteiger partial charge in [-0.25, -0.2) is 0 Å². The lowest BCUT2D eigenvalue weighted by Gasteiger charge is -1.89. The van der Waals surface area contributed by atoms with Crippen LogP contribution in [-0.4, -0.2) is 0 Å². The van der Waals surface area contributed by atoms with Crippen LogP contribution in [0.5, 0.6) is 0 Å². The van der Waals surface area contributed by atoms with Gasteiger partial charge in [-0.1, -0.05) is 12.8 Å². The number of furan rings is 1. The molecule has 0 aliphatic rings. The fourth-order valence-corrected chi connectivity index (χ4v) is 1.47. The first kappa shape index (κ1) is 8.90. The fraction of sp³-hybridized carbons (Fsp3) is 0.231. The Morgan fingerprint density at radius 1 is 1.50 bits per heavy atom. The van der Waals surface area contributed by atoms with E-state index < -0.39 is 0 Å². The lowest BCUT2D eigenvalue weighted by molar-refractivity contribution is 0.544. The summed E-state index contributed by atoms with van der Waals surface area (Å²) in [6.07, 6.45) is 7.35. The molecule has 0 atom stereocenters. The maximum Gasteiger partial charge on any atom is 0.136 e. The molecule has 0 aliphatic heterocycles. The van der Waals surface area contributed by atoms with Crippen LogP contribution in [0, 0.1) is 18.4 Å². The van der Waals surface area contributed by atoms with Gasteiger partial charge in [0.2, 0.25) is 0 Å². The number of hydrogen-bond donors (Lipinski definition) is 0. The van der Waals surface area contributed by atoms with E-state index in [1.807, 2.05) is 18.2 Å². The van der Waals surface area contributed by atoms with Crippen molar-refractivity contribution >= 4 is 11.0 Å². The van der Waals surface area contributed by atoms with Gasteiger partial charge in [0.25, 0.3) is 0 Å². The van der Waals surface area contributed by atoms with E-state index in [0.717, 1.165) is 35.1 Å². The normalized spacial score (nSPS) is 10.3. The zero-order valence-corrected chi connectivity index (χ0v) is 8.13. The monoisotopic (exact) mass is 183 g/mol. The zero-order chi connectivity index (χ0) is 9.97. The predicted octanol–water partition coefficient (Wildman–Crippen LogP) is 3.17. The molecule has 0 saturated carbocycles. The van der Waals surface area contributed by atoms with Crippen LogP contribution in [0.15, 0.2) is 22.6 Å². The summed E-state index contributed by atoms with van der Waals surface area (Å²) in [5, 5.41) is 1.01. The minimum atomic E-state index is 0.815. The fourth-order valence-electron chi connectivity index (χ4n) is 1.47. The van der Waals surface area contributed by atoms with Crippen molar-refractivity contribution in [3.05, 3.63) is 35.6 Å². The molecule has 69 valence electrons. The van der Waals surface area contributed by atoms with Gasteiger partial charge in [0.05, 0.1) is 0 Å². The third-order valence-corrected chi connectivity index (χ3v) is 2.14. The molecule has 0 saturated heterocycles. The summed E-state index contributed by atoms with van der Waals surface area (Å²) in [6.45, 7) is 2.13. The molecular weight excluding hydrogens is 172 g/mol. The largest absolute Gasteiger partial charge is 0.461 e. The van der Waals surface area contributed by atoms with Gasteiger partial charge >= 0.3 is 0 Å². The van der Waals surface area contributed by atoms with Gasteiger partial charge < -0.3 is 4.42 Å². The Bertz CT molecular complexity index is 485. The van der Waals surface area contributed by atoms with Gasteiger partial charge in [0.15, 0.2) is 0 Å². The smallest absolute Gasteiger partial charge is 0.136 e. The second-order valence-electron chi connectivity index (χ2n) is 3.27. The minimum absolute atomic E-state index is 0.815. The van der Waals surface area contributed by atoms with Crippen molar-refractivity contribution in [3.8, 4) is 12.3 Å². The van der Waals surface area contributed by atoms with Crippen LogP contribution in [0.25, 0.3) is 11.0 Å². The Morgan fingerprint density at radius 2 is 2.36 bits per heavy atom. The van der Waals surface area contributed by atoms with Crippen molar-refractivity contribution in [2.24, 2.45) is 0 Å². The van der Waals surface area contributed by atoms with Gasteiger partial charge in [-0.05, 0) is 30.7 Å². The quantitative estimate of drug-likeness (QED) is 0.652. The van der Waals surface area contributed by atoms with E-state index in [0.29, 0.717) is 0 Å². The first-order valence-electron chi connectivity index (χ1n) is 4.74. The van der Waals surface area contributed by atoms with E-state index in [9.17, 15) is 0 Å². The third-order valence-electron chi connectivity index (χ3n) is 2.14. The standard InChI is InChI=1S/C13H11O/c1-3-5-12-9-11-7-6-10(4-2)8-13(11)14-12/h2,6,8-9H,3,5H2,1H3. The van der Waals surface area contributed by atoms with Crippen molar-refractivity contribution < 1.29 is 4.42 Å². The Labute approximate surface area is 83.7 Å². The van der Waals surface area contributed by atoms with Crippen LogP contribution in [0.1, 0.15) is 24.7 Å². The van der Waals surface area contributed by atoms with Crippen LogP contribution in [0.2, 0.25) is 0 Å². The van der Waals surface area contributed by atoms with Gasteiger partial charge in [-0.3, -0.25) is 0 Å². The maximum atomic E-state index is 5.62. The molecule has 0 N–H and O–H groups in total. The number of benzene rings is 1. The van der Waals surface area contributed by atoms with Gasteiger partial charge in [0.1, 0.15) is 11.3 Å². The van der Waals surface area contributed by atoms with Crippen LogP contribution in [0.4, 0.5) is 0 Å². The Kier molecular flexibility index (Phi) is 2.28. The van der Waals surface area contributed by atoms with Crippen LogP contribution < -0.4 is 0 Å². The lowest BCUT2D eigenvalue weighted by Crippen LogP contribution is -1.74. The molecule has 0 fully saturated rings. The maximum absolute atomic E-state index is 5.62. The molecule has 0 aliphatic carbocycles. The van der Waals surface area contributed by atoms with E-state index >= 15 is 0 Å². The lowest BCUT2D eigenvalue weighted by atomic mass is 10.2. The molecule has 1 radical (unpaired) electrons. The molecule has 1 nitrogen and oxygen atoms in total. The summed E-state index contributed by atoms with van der Waals surface area (Å²) < 4.78 is 5.62. The molecule has 2 rings (SSSR count). The molecule has 0 bridgehead atoms. The van der Waals surface area contributed by atoms with Gasteiger partial charge in [0, 0.05) is 17.4 Å². The predicted molar refractivity (Wildman–Crippen MR) is 57.0 cm³/mol. The SMILES string of the molecule is C#Cc1c[c]c2cc(CCC)oc2c1. The van der Waals surface area contributed by atoms with Crippen LogP contribution in [-0.2, 0) is 6.42 Å². The molecule has 1 heterocycles. The van der Waals surface area contributed by atoms with E-state index in [4.69, 9.17) is 10.8 Å². The molecule has 1 aromatic carbocycles. The molecule has 1 heteroatoms. The first-order valence-corrected chi connectivity index (χ1v) is 4.74. The van der Waals surface area contributed by atoms with Crippen LogP contribution >= 0.6 is 0 Å². The highest BCUT2D eigenvalue weighted by atomic mass is 16.3. The van der Waals surface area contributed by atoms with Crippen molar-refractivity contribution in [1.29, 1.82) is 0 Å². The number of hydrogen-bond acceptors (Lipinski definition) is 1. The number of aryl methyl sites for hydroxylation is 1. The topological polar surface area (TPSA) is 13.1 Å². The molecule has 2 aromatic rings. The zero-order valence-electron chi connectivity index (χ0n) is 8.13. The second kappa shape index (κ2) is 3.59. The first-order chi connectivity index (χ1) is 6.83. The Morgan fingerprint density at radius 3 is 3.07 bits per heavy atom. The number of terminal acetylenes is 1. The van der Waals surface area contributed by atoms with Crippen molar-refractivity contribution in [3.63, 3.8) is 0 Å². The summed E-state index contributed by atoms with van der Waals surface area (Å²) in [5.41, 5.74) is 1.65. The number of rotatable bonds is 2. The highest BCUT2D eigenvalue weighted by Crippen LogP contribution is 2.20. The Hall–Kier alpha value is -1.68. The molecule has 0 amide bonds. The minimum Gasteiger partial charge on any atom is -0.461 e. The highest BCUT2D eigenvalue weighted by molar-refractivity contribution is 5.78. The Balaban J connectivity index is 2.50.